The summed E-state index contributed by atoms with van der Waals surface area (Å²) in [6, 6.07) is 57.5. The highest BCUT2D eigenvalue weighted by molar-refractivity contribution is 6.13. The number of benzene rings is 7. The van der Waals surface area contributed by atoms with Gasteiger partial charge in [0, 0.05) is 49.5 Å². The zero-order valence-corrected chi connectivity index (χ0v) is 27.7. The number of hydrogen-bond acceptors (Lipinski definition) is 5. The molecule has 3 heterocycles. The molecule has 0 fully saturated rings. The molecule has 6 nitrogen and oxygen atoms in total. The highest BCUT2D eigenvalue weighted by Gasteiger charge is 2.18. The molecular weight excluding hydrogens is 639 g/mol. The molecule has 0 aliphatic rings. The molecule has 0 N–H and O–H groups in total. The summed E-state index contributed by atoms with van der Waals surface area (Å²) < 4.78 is 8.68. The number of para-hydroxylation sites is 2. The molecule has 0 amide bonds. The van der Waals surface area contributed by atoms with Crippen LogP contribution in [-0.4, -0.2) is 19.5 Å². The second-order valence-electron chi connectivity index (χ2n) is 12.8. The molecule has 0 unspecified atom stereocenters. The topological polar surface area (TPSA) is 80.5 Å². The Morgan fingerprint density at radius 2 is 1.08 bits per heavy atom. The van der Waals surface area contributed by atoms with Gasteiger partial charge >= 0.3 is 0 Å². The van der Waals surface area contributed by atoms with Gasteiger partial charge in [-0.15, -0.1) is 0 Å². The van der Waals surface area contributed by atoms with Crippen LogP contribution in [-0.2, 0) is 0 Å². The van der Waals surface area contributed by atoms with E-state index >= 15 is 0 Å². The summed E-state index contributed by atoms with van der Waals surface area (Å²) in [5, 5.41) is 14.1. The van der Waals surface area contributed by atoms with E-state index in [0.717, 1.165) is 77.2 Å². The molecule has 0 saturated carbocycles. The van der Waals surface area contributed by atoms with Gasteiger partial charge in [0.15, 0.2) is 17.5 Å². The monoisotopic (exact) mass is 665 g/mol. The quantitative estimate of drug-likeness (QED) is 0.183. The molecule has 0 saturated heterocycles. The lowest BCUT2D eigenvalue weighted by Gasteiger charge is -2.11. The number of fused-ring (bicyclic) bond motifs is 6. The van der Waals surface area contributed by atoms with Gasteiger partial charge in [-0.05, 0) is 60.2 Å². The third-order valence-electron chi connectivity index (χ3n) is 9.69. The summed E-state index contributed by atoms with van der Waals surface area (Å²) in [6.07, 6.45) is 0. The minimum atomic E-state index is 0.598. The van der Waals surface area contributed by atoms with Crippen LogP contribution < -0.4 is 0 Å². The fourth-order valence-electron chi connectivity index (χ4n) is 7.21. The summed E-state index contributed by atoms with van der Waals surface area (Å²) in [7, 11) is 0. The first-order valence-electron chi connectivity index (χ1n) is 17.1. The standard InChI is InChI=1S/C46H27N5O/c47-28-29-18-25-40-39(26-29)36-24-21-33(35-15-9-16-38-37-14-7-8-17-42(37)52-43(35)38)27-41(36)51(40)34-22-19-32(20-23-34)46-49-44(30-10-3-1-4-11-30)48-45(50-46)31-12-5-2-6-13-31/h1-27H. The van der Waals surface area contributed by atoms with Gasteiger partial charge in [0.25, 0.3) is 0 Å². The van der Waals surface area contributed by atoms with E-state index in [0.29, 0.717) is 23.0 Å². The first-order valence-corrected chi connectivity index (χ1v) is 17.1. The molecular formula is C46H27N5O. The maximum absolute atomic E-state index is 9.79. The van der Waals surface area contributed by atoms with Crippen molar-refractivity contribution in [3.63, 3.8) is 0 Å². The highest BCUT2D eigenvalue weighted by Crippen LogP contribution is 2.39. The summed E-state index contributed by atoms with van der Waals surface area (Å²) >= 11 is 0. The van der Waals surface area contributed by atoms with E-state index in [9.17, 15) is 5.26 Å². The van der Waals surface area contributed by atoms with Gasteiger partial charge in [-0.3, -0.25) is 0 Å². The van der Waals surface area contributed by atoms with Crippen molar-refractivity contribution in [2.75, 3.05) is 0 Å². The molecule has 0 bridgehead atoms. The zero-order chi connectivity index (χ0) is 34.6. The average Bonchev–Trinajstić information content (AvgIpc) is 3.76. The van der Waals surface area contributed by atoms with Crippen LogP contribution in [0.15, 0.2) is 168 Å². The number of furan rings is 1. The Kier molecular flexibility index (Phi) is 6.76. The van der Waals surface area contributed by atoms with Crippen LogP contribution in [0.2, 0.25) is 0 Å². The number of rotatable bonds is 5. The largest absolute Gasteiger partial charge is 0.455 e. The lowest BCUT2D eigenvalue weighted by Crippen LogP contribution is -2.00. The molecule has 0 atom stereocenters. The van der Waals surface area contributed by atoms with E-state index in [4.69, 9.17) is 19.4 Å². The Bertz CT molecular complexity index is 2950. The van der Waals surface area contributed by atoms with Crippen LogP contribution in [0, 0.1) is 11.3 Å². The van der Waals surface area contributed by atoms with E-state index in [1.165, 1.54) is 0 Å². The van der Waals surface area contributed by atoms with Gasteiger partial charge in [0.2, 0.25) is 0 Å². The first-order chi connectivity index (χ1) is 25.7. The van der Waals surface area contributed by atoms with Crippen LogP contribution in [0.25, 0.3) is 94.7 Å². The predicted octanol–water partition coefficient (Wildman–Crippen LogP) is 11.4. The van der Waals surface area contributed by atoms with Crippen LogP contribution >= 0.6 is 0 Å². The number of aromatic nitrogens is 4. The minimum Gasteiger partial charge on any atom is -0.455 e. The van der Waals surface area contributed by atoms with Gasteiger partial charge in [-0.1, -0.05) is 109 Å². The Labute approximate surface area is 298 Å². The van der Waals surface area contributed by atoms with Crippen molar-refractivity contribution >= 4 is 43.7 Å². The molecule has 52 heavy (non-hydrogen) atoms. The lowest BCUT2D eigenvalue weighted by molar-refractivity contribution is 0.670. The smallest absolute Gasteiger partial charge is 0.164 e. The minimum absolute atomic E-state index is 0.598. The Morgan fingerprint density at radius 1 is 0.462 bits per heavy atom. The fourth-order valence-corrected chi connectivity index (χ4v) is 7.21. The zero-order valence-electron chi connectivity index (χ0n) is 27.7. The molecule has 3 aromatic heterocycles. The molecule has 0 aliphatic carbocycles. The SMILES string of the molecule is N#Cc1ccc2c(c1)c1ccc(-c3cccc4c3oc3ccccc34)cc1n2-c1ccc(-c2nc(-c3ccccc3)nc(-c3ccccc3)n2)cc1. The number of hydrogen-bond donors (Lipinski definition) is 0. The normalized spacial score (nSPS) is 11.4. The summed E-state index contributed by atoms with van der Waals surface area (Å²) in [5.74, 6) is 1.84. The molecule has 242 valence electrons. The van der Waals surface area contributed by atoms with Gasteiger partial charge in [0.1, 0.15) is 11.2 Å². The van der Waals surface area contributed by atoms with Crippen molar-refractivity contribution in [2.45, 2.75) is 0 Å². The number of nitrogens with zero attached hydrogens (tertiary/aromatic N) is 5. The molecule has 10 aromatic rings. The maximum Gasteiger partial charge on any atom is 0.164 e. The summed E-state index contributed by atoms with van der Waals surface area (Å²) in [5.41, 5.74) is 10.2. The van der Waals surface area contributed by atoms with Gasteiger partial charge in [-0.2, -0.15) is 5.26 Å². The lowest BCUT2D eigenvalue weighted by atomic mass is 10.0. The molecule has 6 heteroatoms. The van der Waals surface area contributed by atoms with Crippen LogP contribution in [0.5, 0.6) is 0 Å². The van der Waals surface area contributed by atoms with Crippen LogP contribution in [0.4, 0.5) is 0 Å². The summed E-state index contributed by atoms with van der Waals surface area (Å²) in [4.78, 5) is 14.7. The van der Waals surface area contributed by atoms with E-state index in [-0.39, 0.29) is 0 Å². The van der Waals surface area contributed by atoms with Crippen LogP contribution in [0.3, 0.4) is 0 Å². The second-order valence-corrected chi connectivity index (χ2v) is 12.8. The van der Waals surface area contributed by atoms with E-state index in [1.807, 2.05) is 97.1 Å². The fraction of sp³-hybridized carbons (Fsp3) is 0. The maximum atomic E-state index is 9.79. The van der Waals surface area contributed by atoms with Crippen molar-refractivity contribution in [1.29, 1.82) is 5.26 Å². The Morgan fingerprint density at radius 3 is 1.77 bits per heavy atom. The average molecular weight is 666 g/mol. The van der Waals surface area contributed by atoms with Crippen molar-refractivity contribution in [3.05, 3.63) is 169 Å². The Hall–Kier alpha value is -7.36. The summed E-state index contributed by atoms with van der Waals surface area (Å²) in [6.45, 7) is 0. The third-order valence-corrected chi connectivity index (χ3v) is 9.69. The molecule has 0 radical (unpaired) electrons. The first kappa shape index (κ1) is 29.5. The van der Waals surface area contributed by atoms with Gasteiger partial charge < -0.3 is 8.98 Å². The molecule has 10 rings (SSSR count). The predicted molar refractivity (Wildman–Crippen MR) is 208 cm³/mol. The van der Waals surface area contributed by atoms with Gasteiger partial charge in [0.05, 0.1) is 22.7 Å². The van der Waals surface area contributed by atoms with Crippen molar-refractivity contribution in [2.24, 2.45) is 0 Å². The Balaban J connectivity index is 1.14. The molecule has 0 aliphatic heterocycles. The van der Waals surface area contributed by atoms with Crippen molar-refractivity contribution < 1.29 is 4.42 Å². The van der Waals surface area contributed by atoms with E-state index < -0.39 is 0 Å². The van der Waals surface area contributed by atoms with Crippen molar-refractivity contribution in [1.82, 2.24) is 19.5 Å². The highest BCUT2D eigenvalue weighted by atomic mass is 16.3. The third kappa shape index (κ3) is 4.84. The van der Waals surface area contributed by atoms with Gasteiger partial charge in [-0.25, -0.2) is 15.0 Å². The van der Waals surface area contributed by atoms with Crippen molar-refractivity contribution in [3.8, 4) is 57.0 Å². The second kappa shape index (κ2) is 11.9. The molecule has 7 aromatic carbocycles. The van der Waals surface area contributed by atoms with E-state index in [2.05, 4.69) is 77.4 Å². The molecule has 0 spiro atoms. The number of nitriles is 1. The van der Waals surface area contributed by atoms with E-state index in [1.54, 1.807) is 0 Å². The van der Waals surface area contributed by atoms with Crippen LogP contribution in [0.1, 0.15) is 5.56 Å².